The summed E-state index contributed by atoms with van der Waals surface area (Å²) >= 11 is 5.72. The molecule has 3 aliphatic heterocycles. The standard InChI is InChI=1S/C43H46F3N9O5S/c1-6-28-17-33(55-41(61)54(40(59)42(55,4)5)32-8-7-29(21-48)34(19-32)43(44,45)46)9-11-36(28)60-14-13-52-22-25(2)53(26(3)23-52)24-38(57)50-31-16-27(20-47)15-30(18-31)49-35-10-12-37(56)51-39(35)58/h7-9,11,15-19,25-26,35,49H,6,10,12-14,22-24H2,1-5H3,(H,50,57)(H,51,56,58)/t25-,26+,35?. The molecule has 0 aliphatic carbocycles. The van der Waals surface area contributed by atoms with Crippen LogP contribution in [-0.2, 0) is 31.8 Å². The Morgan fingerprint density at radius 3 is 2.31 bits per heavy atom. The second kappa shape index (κ2) is 17.9. The zero-order chi connectivity index (χ0) is 44.4. The molecular weight excluding hydrogens is 812 g/mol. The van der Waals surface area contributed by atoms with Gasteiger partial charge in [0.25, 0.3) is 5.91 Å². The Balaban J connectivity index is 1.04. The molecule has 4 amide bonds. The van der Waals surface area contributed by atoms with Crippen LogP contribution in [0.2, 0.25) is 0 Å². The molecule has 3 saturated heterocycles. The number of imide groups is 1. The summed E-state index contributed by atoms with van der Waals surface area (Å²) in [6.45, 7) is 11.8. The van der Waals surface area contributed by atoms with Gasteiger partial charge in [-0.2, -0.15) is 23.7 Å². The summed E-state index contributed by atoms with van der Waals surface area (Å²) in [5.41, 5.74) is -0.439. The summed E-state index contributed by atoms with van der Waals surface area (Å²) in [5.74, 6) is -0.905. The minimum absolute atomic E-state index is 0.00471. The van der Waals surface area contributed by atoms with Gasteiger partial charge in [-0.1, -0.05) is 6.92 Å². The van der Waals surface area contributed by atoms with Crippen molar-refractivity contribution in [2.24, 2.45) is 0 Å². The molecule has 3 fully saturated rings. The Morgan fingerprint density at radius 2 is 1.67 bits per heavy atom. The number of rotatable bonds is 12. The number of carbonyl (C=O) groups is 4. The van der Waals surface area contributed by atoms with E-state index in [9.17, 15) is 42.9 Å². The summed E-state index contributed by atoms with van der Waals surface area (Å²) in [5, 5.41) is 27.1. The summed E-state index contributed by atoms with van der Waals surface area (Å²) in [7, 11) is 0. The van der Waals surface area contributed by atoms with Crippen molar-refractivity contribution in [1.29, 1.82) is 10.5 Å². The van der Waals surface area contributed by atoms with E-state index in [1.54, 1.807) is 55.1 Å². The van der Waals surface area contributed by atoms with Gasteiger partial charge in [0.05, 0.1) is 41.1 Å². The van der Waals surface area contributed by atoms with Crippen LogP contribution in [0.5, 0.6) is 5.75 Å². The van der Waals surface area contributed by atoms with Crippen LogP contribution in [0.25, 0.3) is 0 Å². The maximum Gasteiger partial charge on any atom is 0.417 e. The maximum atomic E-state index is 13.8. The normalized spacial score (nSPS) is 20.9. The molecule has 0 bridgehead atoms. The first-order valence-corrected chi connectivity index (χ1v) is 20.2. The predicted octanol–water partition coefficient (Wildman–Crippen LogP) is 5.56. The quantitative estimate of drug-likeness (QED) is 0.153. The second-order valence-corrected chi connectivity index (χ2v) is 16.3. The first-order chi connectivity index (χ1) is 28.8. The summed E-state index contributed by atoms with van der Waals surface area (Å²) in [4.78, 5) is 57.9. The van der Waals surface area contributed by atoms with Gasteiger partial charge in [0, 0.05) is 55.2 Å². The summed E-state index contributed by atoms with van der Waals surface area (Å²) in [6, 6.07) is 16.3. The Kier molecular flexibility index (Phi) is 13.0. The topological polar surface area (TPSA) is 174 Å². The average Bonchev–Trinajstić information content (AvgIpc) is 3.38. The van der Waals surface area contributed by atoms with E-state index in [1.807, 2.05) is 13.0 Å². The van der Waals surface area contributed by atoms with E-state index >= 15 is 0 Å². The molecule has 1 unspecified atom stereocenters. The SMILES string of the molecule is CCc1cc(N2C(=S)N(c3ccc(C#N)c(C(F)(F)F)c3)C(=O)C2(C)C)ccc1OCCN1C[C@@H](C)N(CC(=O)Nc2cc(C#N)cc(NC3CCC(=O)NC3=O)c2)[C@@H](C)C1. The van der Waals surface area contributed by atoms with Crippen molar-refractivity contribution < 1.29 is 37.1 Å². The van der Waals surface area contributed by atoms with E-state index < -0.39 is 40.7 Å². The van der Waals surface area contributed by atoms with Gasteiger partial charge in [0.15, 0.2) is 5.11 Å². The molecule has 14 nitrogen and oxygen atoms in total. The van der Waals surface area contributed by atoms with Gasteiger partial charge in [-0.3, -0.25) is 39.2 Å². The highest BCUT2D eigenvalue weighted by Crippen LogP contribution is 2.40. The van der Waals surface area contributed by atoms with Crippen molar-refractivity contribution in [3.8, 4) is 17.9 Å². The van der Waals surface area contributed by atoms with Crippen LogP contribution in [0, 0.1) is 22.7 Å². The van der Waals surface area contributed by atoms with E-state index in [4.69, 9.17) is 17.0 Å². The van der Waals surface area contributed by atoms with E-state index in [2.05, 4.69) is 45.7 Å². The van der Waals surface area contributed by atoms with Crippen molar-refractivity contribution >= 4 is 63.7 Å². The highest BCUT2D eigenvalue weighted by atomic mass is 32.1. The number of amides is 4. The molecule has 3 aromatic rings. The van der Waals surface area contributed by atoms with E-state index in [-0.39, 0.29) is 47.7 Å². The lowest BCUT2D eigenvalue weighted by molar-refractivity contribution is -0.138. The fourth-order valence-electron chi connectivity index (χ4n) is 8.07. The molecule has 3 N–H and O–H groups in total. The van der Waals surface area contributed by atoms with Gasteiger partial charge in [0.2, 0.25) is 17.7 Å². The number of halogens is 3. The molecule has 61 heavy (non-hydrogen) atoms. The fraction of sp³-hybridized carbons (Fsp3) is 0.419. The summed E-state index contributed by atoms with van der Waals surface area (Å²) in [6.07, 6.45) is -3.71. The van der Waals surface area contributed by atoms with Gasteiger partial charge in [-0.15, -0.1) is 0 Å². The number of piperazine rings is 1. The van der Waals surface area contributed by atoms with Gasteiger partial charge in [-0.25, -0.2) is 0 Å². The van der Waals surface area contributed by atoms with Crippen molar-refractivity contribution in [2.45, 2.75) is 83.7 Å². The molecule has 6 rings (SSSR count). The number of ether oxygens (including phenoxy) is 1. The molecule has 0 aromatic heterocycles. The molecular formula is C43H46F3N9O5S. The van der Waals surface area contributed by atoms with Crippen LogP contribution in [-0.4, -0.2) is 95.0 Å². The van der Waals surface area contributed by atoms with Crippen molar-refractivity contribution in [3.63, 3.8) is 0 Å². The van der Waals surface area contributed by atoms with Crippen molar-refractivity contribution in [2.75, 3.05) is 53.2 Å². The number of benzene rings is 3. The molecule has 3 atom stereocenters. The Labute approximate surface area is 357 Å². The molecule has 0 spiro atoms. The van der Waals surface area contributed by atoms with Crippen LogP contribution in [0.4, 0.5) is 35.9 Å². The number of hydrogen-bond acceptors (Lipinski definition) is 11. The molecule has 3 aromatic carbocycles. The van der Waals surface area contributed by atoms with Gasteiger partial charge in [-0.05, 0) is 113 Å². The number of hydrogen-bond donors (Lipinski definition) is 3. The predicted molar refractivity (Wildman–Crippen MR) is 226 cm³/mol. The Morgan fingerprint density at radius 1 is 0.984 bits per heavy atom. The van der Waals surface area contributed by atoms with E-state index in [1.165, 1.54) is 6.07 Å². The van der Waals surface area contributed by atoms with Crippen molar-refractivity contribution in [1.82, 2.24) is 15.1 Å². The largest absolute Gasteiger partial charge is 0.492 e. The van der Waals surface area contributed by atoms with E-state index in [0.29, 0.717) is 67.5 Å². The van der Waals surface area contributed by atoms with Crippen LogP contribution >= 0.6 is 12.2 Å². The third-order valence-electron chi connectivity index (χ3n) is 11.1. The third kappa shape index (κ3) is 9.62. The molecule has 3 aliphatic rings. The number of nitrogens with zero attached hydrogens (tertiary/aromatic N) is 6. The first-order valence-electron chi connectivity index (χ1n) is 19.8. The van der Waals surface area contributed by atoms with Crippen LogP contribution in [0.3, 0.4) is 0 Å². The Hall–Kier alpha value is -6.08. The van der Waals surface area contributed by atoms with Crippen molar-refractivity contribution in [3.05, 3.63) is 76.9 Å². The molecule has 0 radical (unpaired) electrons. The second-order valence-electron chi connectivity index (χ2n) is 15.9. The minimum atomic E-state index is -4.81. The minimum Gasteiger partial charge on any atom is -0.492 e. The number of carbonyl (C=O) groups excluding carboxylic acids is 4. The van der Waals surface area contributed by atoms with E-state index in [0.717, 1.165) is 22.6 Å². The third-order valence-corrected chi connectivity index (χ3v) is 11.5. The number of thiocarbonyl (C=S) groups is 1. The number of nitriles is 2. The van der Waals surface area contributed by atoms with Crippen LogP contribution in [0.1, 0.15) is 69.7 Å². The maximum absolute atomic E-state index is 13.8. The average molecular weight is 858 g/mol. The molecule has 18 heteroatoms. The van der Waals surface area contributed by atoms with Crippen LogP contribution < -0.4 is 30.5 Å². The molecule has 320 valence electrons. The molecule has 0 saturated carbocycles. The molecule has 3 heterocycles. The lowest BCUT2D eigenvalue weighted by Gasteiger charge is -2.44. The lowest BCUT2D eigenvalue weighted by atomic mass is 10.0. The smallest absolute Gasteiger partial charge is 0.417 e. The number of nitrogens with one attached hydrogen (secondary N) is 3. The van der Waals surface area contributed by atoms with Gasteiger partial charge < -0.3 is 20.3 Å². The highest BCUT2D eigenvalue weighted by Gasteiger charge is 2.51. The van der Waals surface area contributed by atoms with Gasteiger partial charge >= 0.3 is 6.18 Å². The monoisotopic (exact) mass is 857 g/mol. The number of anilines is 4. The first kappa shape index (κ1) is 44.5. The summed E-state index contributed by atoms with van der Waals surface area (Å²) < 4.78 is 47.7. The number of alkyl halides is 3. The fourth-order valence-corrected chi connectivity index (χ4v) is 8.59. The highest BCUT2D eigenvalue weighted by molar-refractivity contribution is 7.81. The van der Waals surface area contributed by atoms with Gasteiger partial charge in [0.1, 0.15) is 23.9 Å². The Bertz CT molecular complexity index is 2330. The number of piperidine rings is 1. The van der Waals surface area contributed by atoms with Crippen LogP contribution in [0.15, 0.2) is 54.6 Å². The lowest BCUT2D eigenvalue weighted by Crippen LogP contribution is -2.58. The zero-order valence-corrected chi connectivity index (χ0v) is 35.2. The zero-order valence-electron chi connectivity index (χ0n) is 34.4. The number of aryl methyl sites for hydroxylation is 1.